The molecule has 0 unspecified atom stereocenters. The number of H-pyrrole nitrogens is 1. The molecule has 0 aliphatic carbocycles. The zero-order valence-electron chi connectivity index (χ0n) is 13.9. The molecular formula is C20H23ClN4O. The summed E-state index contributed by atoms with van der Waals surface area (Å²) >= 11 is 6.08. The van der Waals surface area contributed by atoms with Gasteiger partial charge in [-0.3, -0.25) is 0 Å². The van der Waals surface area contributed by atoms with Crippen LogP contribution >= 0.6 is 11.6 Å². The van der Waals surface area contributed by atoms with Crippen LogP contribution in [0.15, 0.2) is 67.0 Å². The van der Waals surface area contributed by atoms with Crippen LogP contribution in [0.2, 0.25) is 5.02 Å². The number of nitrogens with one attached hydrogen (secondary N) is 2. The first-order valence-electron chi connectivity index (χ1n) is 8.27. The van der Waals surface area contributed by atoms with Gasteiger partial charge < -0.3 is 15.4 Å². The summed E-state index contributed by atoms with van der Waals surface area (Å²) in [6, 6.07) is 17.2. The van der Waals surface area contributed by atoms with Crippen LogP contribution in [0, 0.1) is 0 Å². The van der Waals surface area contributed by atoms with E-state index >= 15 is 0 Å². The highest BCUT2D eigenvalue weighted by atomic mass is 35.5. The second-order valence-corrected chi connectivity index (χ2v) is 6.39. The Balaban J connectivity index is 0.00000140. The maximum absolute atomic E-state index is 9.75. The fourth-order valence-corrected chi connectivity index (χ4v) is 3.11. The first-order chi connectivity index (χ1) is 12.7. The number of fused-ring (bicyclic) bond motifs is 1. The molecule has 3 heterocycles. The molecule has 0 fully saturated rings. The van der Waals surface area contributed by atoms with E-state index in [0.717, 1.165) is 27.9 Å². The molecule has 4 rings (SSSR count). The second-order valence-electron chi connectivity index (χ2n) is 5.95. The SMILES string of the molecule is OC[C@@H](Nc1cccc(-c2c[nH]c3ncc(Cl)cc23)n1)c1ccccc1.[HH].[HH].[HH]. The van der Waals surface area contributed by atoms with Crippen molar-refractivity contribution in [3.8, 4) is 11.3 Å². The van der Waals surface area contributed by atoms with Crippen LogP contribution in [-0.2, 0) is 0 Å². The number of aliphatic hydroxyl groups excluding tert-OH is 1. The van der Waals surface area contributed by atoms with Gasteiger partial charge >= 0.3 is 0 Å². The van der Waals surface area contributed by atoms with Gasteiger partial charge in [0.05, 0.1) is 23.4 Å². The van der Waals surface area contributed by atoms with E-state index < -0.39 is 0 Å². The average Bonchev–Trinajstić information content (AvgIpc) is 3.10. The van der Waals surface area contributed by atoms with Crippen LogP contribution in [0.4, 0.5) is 5.82 Å². The van der Waals surface area contributed by atoms with E-state index in [0.29, 0.717) is 10.8 Å². The minimum Gasteiger partial charge on any atom is -0.394 e. The number of hydrogen-bond acceptors (Lipinski definition) is 4. The van der Waals surface area contributed by atoms with Gasteiger partial charge in [-0.2, -0.15) is 0 Å². The molecule has 26 heavy (non-hydrogen) atoms. The monoisotopic (exact) mass is 370 g/mol. The quantitative estimate of drug-likeness (QED) is 0.453. The Morgan fingerprint density at radius 3 is 2.81 bits per heavy atom. The number of pyridine rings is 2. The van der Waals surface area contributed by atoms with Crippen molar-refractivity contribution >= 4 is 28.5 Å². The maximum Gasteiger partial charge on any atom is 0.138 e. The van der Waals surface area contributed by atoms with E-state index in [1.165, 1.54) is 0 Å². The third kappa shape index (κ3) is 3.27. The second kappa shape index (κ2) is 7.15. The number of aromatic nitrogens is 3. The van der Waals surface area contributed by atoms with Gasteiger partial charge in [-0.1, -0.05) is 48.0 Å². The minimum absolute atomic E-state index is 0. The van der Waals surface area contributed by atoms with Crippen molar-refractivity contribution in [3.63, 3.8) is 0 Å². The molecule has 6 heteroatoms. The molecule has 0 aliphatic heterocycles. The van der Waals surface area contributed by atoms with Crippen LogP contribution in [0.1, 0.15) is 15.9 Å². The predicted octanol–water partition coefficient (Wildman–Crippen LogP) is 5.16. The highest BCUT2D eigenvalue weighted by Crippen LogP contribution is 2.29. The Morgan fingerprint density at radius 1 is 1.15 bits per heavy atom. The number of hydrogen-bond donors (Lipinski definition) is 3. The lowest BCUT2D eigenvalue weighted by molar-refractivity contribution is 0.276. The number of benzene rings is 1. The molecule has 3 N–H and O–H groups in total. The maximum atomic E-state index is 9.75. The van der Waals surface area contributed by atoms with Crippen LogP contribution in [0.25, 0.3) is 22.3 Å². The Hall–Kier alpha value is -2.89. The Morgan fingerprint density at radius 2 is 2.00 bits per heavy atom. The Kier molecular flexibility index (Phi) is 4.56. The highest BCUT2D eigenvalue weighted by Gasteiger charge is 2.13. The van der Waals surface area contributed by atoms with Gasteiger partial charge in [0.2, 0.25) is 0 Å². The largest absolute Gasteiger partial charge is 0.394 e. The summed E-state index contributed by atoms with van der Waals surface area (Å²) in [5.74, 6) is 0.690. The molecule has 0 bridgehead atoms. The zero-order valence-corrected chi connectivity index (χ0v) is 14.6. The molecule has 0 aliphatic rings. The number of nitrogens with zero attached hydrogens (tertiary/aromatic N) is 2. The van der Waals surface area contributed by atoms with Crippen molar-refractivity contribution in [3.05, 3.63) is 77.6 Å². The Labute approximate surface area is 160 Å². The van der Waals surface area contributed by atoms with Crippen molar-refractivity contribution < 1.29 is 9.39 Å². The lowest BCUT2D eigenvalue weighted by atomic mass is 10.1. The number of aliphatic hydroxyl groups is 1. The zero-order chi connectivity index (χ0) is 17.9. The van der Waals surface area contributed by atoms with Crippen LogP contribution in [0.5, 0.6) is 0 Å². The number of rotatable bonds is 5. The van der Waals surface area contributed by atoms with E-state index in [1.54, 1.807) is 6.20 Å². The van der Waals surface area contributed by atoms with Crippen LogP contribution in [-0.4, -0.2) is 26.7 Å². The van der Waals surface area contributed by atoms with Gasteiger partial charge in [0.1, 0.15) is 11.5 Å². The smallest absolute Gasteiger partial charge is 0.138 e. The lowest BCUT2D eigenvalue weighted by Crippen LogP contribution is -2.15. The van der Waals surface area contributed by atoms with Crippen molar-refractivity contribution in [2.75, 3.05) is 11.9 Å². The fourth-order valence-electron chi connectivity index (χ4n) is 2.95. The standard InChI is InChI=1S/C20H17ClN4O.3H2/c21-14-9-15-16(11-23-20(15)22-10-14)17-7-4-8-19(24-17)25-18(12-26)13-5-2-1-3-6-13;;;/h1-11,18,26H,12H2,(H,22,23)(H,24,25);3*1H/t18-;;;/m1.../s1. The van der Waals surface area contributed by atoms with Gasteiger partial charge in [0, 0.05) is 27.6 Å². The topological polar surface area (TPSA) is 73.8 Å². The summed E-state index contributed by atoms with van der Waals surface area (Å²) in [7, 11) is 0. The summed E-state index contributed by atoms with van der Waals surface area (Å²) in [4.78, 5) is 12.1. The van der Waals surface area contributed by atoms with E-state index in [4.69, 9.17) is 16.6 Å². The van der Waals surface area contributed by atoms with Gasteiger partial charge in [-0.05, 0) is 23.8 Å². The summed E-state index contributed by atoms with van der Waals surface area (Å²) in [5, 5.41) is 14.5. The van der Waals surface area contributed by atoms with Gasteiger partial charge in [-0.15, -0.1) is 0 Å². The third-order valence-corrected chi connectivity index (χ3v) is 4.44. The number of halogens is 1. The van der Waals surface area contributed by atoms with Crippen molar-refractivity contribution in [2.45, 2.75) is 6.04 Å². The van der Waals surface area contributed by atoms with E-state index in [-0.39, 0.29) is 16.9 Å². The first-order valence-corrected chi connectivity index (χ1v) is 8.65. The number of anilines is 1. The molecule has 1 atom stereocenters. The molecule has 4 aromatic rings. The highest BCUT2D eigenvalue weighted by molar-refractivity contribution is 6.31. The van der Waals surface area contributed by atoms with Gasteiger partial charge in [0.15, 0.2) is 0 Å². The fraction of sp³-hybridized carbons (Fsp3) is 0.100. The van der Waals surface area contributed by atoms with Crippen molar-refractivity contribution in [1.29, 1.82) is 0 Å². The molecule has 0 radical (unpaired) electrons. The molecule has 136 valence electrons. The van der Waals surface area contributed by atoms with Crippen molar-refractivity contribution in [2.24, 2.45) is 0 Å². The molecule has 0 saturated heterocycles. The van der Waals surface area contributed by atoms with E-state index in [9.17, 15) is 5.11 Å². The van der Waals surface area contributed by atoms with Gasteiger partial charge in [-0.25, -0.2) is 9.97 Å². The summed E-state index contributed by atoms with van der Waals surface area (Å²) in [5.41, 5.74) is 3.50. The molecule has 0 amide bonds. The van der Waals surface area contributed by atoms with Crippen molar-refractivity contribution in [1.82, 2.24) is 15.0 Å². The number of aromatic amines is 1. The van der Waals surface area contributed by atoms with E-state index in [2.05, 4.69) is 15.3 Å². The molecule has 3 aromatic heterocycles. The Bertz CT molecular complexity index is 1050. The summed E-state index contributed by atoms with van der Waals surface area (Å²) < 4.78 is 0. The third-order valence-electron chi connectivity index (χ3n) is 4.23. The molecule has 0 saturated carbocycles. The average molecular weight is 371 g/mol. The van der Waals surface area contributed by atoms with Crippen LogP contribution < -0.4 is 5.32 Å². The van der Waals surface area contributed by atoms with Gasteiger partial charge in [0.25, 0.3) is 0 Å². The van der Waals surface area contributed by atoms with E-state index in [1.807, 2.05) is 60.8 Å². The molecular weight excluding hydrogens is 348 g/mol. The molecule has 1 aromatic carbocycles. The summed E-state index contributed by atoms with van der Waals surface area (Å²) in [6.07, 6.45) is 3.49. The minimum atomic E-state index is -0.224. The molecule has 0 spiro atoms. The molecule has 5 nitrogen and oxygen atoms in total. The van der Waals surface area contributed by atoms with Crippen LogP contribution in [0.3, 0.4) is 0 Å². The lowest BCUT2D eigenvalue weighted by Gasteiger charge is -2.17. The first kappa shape index (κ1) is 16.6. The predicted molar refractivity (Wildman–Crippen MR) is 111 cm³/mol. The normalized spacial score (nSPS) is 12.2. The summed E-state index contributed by atoms with van der Waals surface area (Å²) in [6.45, 7) is -0.0253.